The fourth-order valence-electron chi connectivity index (χ4n) is 4.23. The van der Waals surface area contributed by atoms with E-state index in [0.29, 0.717) is 51.7 Å². The Hall–Kier alpha value is -4.79. The number of nitrogen functional groups attached to an aromatic ring is 1. The van der Waals surface area contributed by atoms with Gasteiger partial charge in [0.25, 0.3) is 5.91 Å². The van der Waals surface area contributed by atoms with Gasteiger partial charge in [-0.1, -0.05) is 30.3 Å². The van der Waals surface area contributed by atoms with Crippen molar-refractivity contribution in [1.82, 2.24) is 14.5 Å². The molecule has 0 saturated heterocycles. The zero-order valence-electron chi connectivity index (χ0n) is 20.1. The number of anilines is 2. The monoisotopic (exact) mass is 483 g/mol. The first-order valence-corrected chi connectivity index (χ1v) is 11.2. The molecule has 0 unspecified atom stereocenters. The molecule has 0 aliphatic rings. The Balaban J connectivity index is 1.68. The molecule has 5 aromatic rings. The molecule has 3 aromatic carbocycles. The topological polar surface area (TPSA) is 114 Å². The second-order valence-corrected chi connectivity index (χ2v) is 8.08. The van der Waals surface area contributed by atoms with Crippen LogP contribution in [0.5, 0.6) is 17.2 Å². The number of aromatic nitrogens is 3. The maximum Gasteiger partial charge on any atom is 0.261 e. The van der Waals surface area contributed by atoms with E-state index in [1.54, 1.807) is 25.9 Å². The second kappa shape index (κ2) is 9.46. The van der Waals surface area contributed by atoms with Gasteiger partial charge in [0.1, 0.15) is 16.9 Å². The Bertz CT molecular complexity index is 1560. The highest BCUT2D eigenvalue weighted by Crippen LogP contribution is 2.39. The molecule has 2 heterocycles. The summed E-state index contributed by atoms with van der Waals surface area (Å²) in [6.45, 7) is 0.296. The van der Waals surface area contributed by atoms with E-state index in [0.717, 1.165) is 5.56 Å². The molecule has 36 heavy (non-hydrogen) atoms. The number of carbonyl (C=O) groups excluding carboxylic acids is 1. The minimum Gasteiger partial charge on any atom is -0.493 e. The van der Waals surface area contributed by atoms with Crippen molar-refractivity contribution in [1.29, 1.82) is 0 Å². The molecule has 182 valence electrons. The van der Waals surface area contributed by atoms with Crippen molar-refractivity contribution in [3.63, 3.8) is 0 Å². The normalized spacial score (nSPS) is 11.0. The lowest BCUT2D eigenvalue weighted by Gasteiger charge is -2.15. The van der Waals surface area contributed by atoms with Crippen molar-refractivity contribution in [3.8, 4) is 17.2 Å². The molecule has 0 radical (unpaired) electrons. The highest BCUT2D eigenvalue weighted by molar-refractivity contribution is 6.16. The second-order valence-electron chi connectivity index (χ2n) is 8.08. The SMILES string of the molecule is COc1cc(Cn2c(N)c(C(=O)Nc3ccccc3)c3nc4ccccc4nc32)cc(OC)c1OC. The van der Waals surface area contributed by atoms with E-state index in [2.05, 4.69) is 5.32 Å². The van der Waals surface area contributed by atoms with E-state index in [1.807, 2.05) is 66.7 Å². The van der Waals surface area contributed by atoms with Crippen molar-refractivity contribution in [3.05, 3.63) is 77.9 Å². The zero-order chi connectivity index (χ0) is 25.2. The van der Waals surface area contributed by atoms with Gasteiger partial charge in [0.2, 0.25) is 5.75 Å². The van der Waals surface area contributed by atoms with Crippen LogP contribution in [0, 0.1) is 0 Å². The minimum atomic E-state index is -0.364. The number of carbonyl (C=O) groups is 1. The van der Waals surface area contributed by atoms with E-state index < -0.39 is 0 Å². The number of nitrogens with zero attached hydrogens (tertiary/aromatic N) is 3. The van der Waals surface area contributed by atoms with Gasteiger partial charge in [0, 0.05) is 5.69 Å². The number of rotatable bonds is 7. The number of nitrogens with one attached hydrogen (secondary N) is 1. The minimum absolute atomic E-state index is 0.252. The first-order valence-electron chi connectivity index (χ1n) is 11.2. The highest BCUT2D eigenvalue weighted by atomic mass is 16.5. The van der Waals surface area contributed by atoms with E-state index in [9.17, 15) is 4.79 Å². The summed E-state index contributed by atoms with van der Waals surface area (Å²) in [5.41, 5.74) is 10.6. The van der Waals surface area contributed by atoms with Crippen LogP contribution >= 0.6 is 0 Å². The summed E-state index contributed by atoms with van der Waals surface area (Å²) in [7, 11) is 4.67. The van der Waals surface area contributed by atoms with Crippen LogP contribution < -0.4 is 25.3 Å². The Labute approximate surface area is 207 Å². The molecule has 0 atom stereocenters. The molecule has 0 saturated carbocycles. The number of methoxy groups -OCH3 is 3. The van der Waals surface area contributed by atoms with Crippen LogP contribution in [0.1, 0.15) is 15.9 Å². The van der Waals surface area contributed by atoms with E-state index in [1.165, 1.54) is 0 Å². The van der Waals surface area contributed by atoms with Crippen LogP contribution in [0.4, 0.5) is 11.5 Å². The zero-order valence-corrected chi connectivity index (χ0v) is 20.1. The van der Waals surface area contributed by atoms with Crippen molar-refractivity contribution in [2.75, 3.05) is 32.4 Å². The molecule has 0 fully saturated rings. The fourth-order valence-corrected chi connectivity index (χ4v) is 4.23. The maximum atomic E-state index is 13.4. The summed E-state index contributed by atoms with van der Waals surface area (Å²) < 4.78 is 18.2. The third-order valence-corrected chi connectivity index (χ3v) is 5.92. The Morgan fingerprint density at radius 1 is 0.889 bits per heavy atom. The van der Waals surface area contributed by atoms with E-state index >= 15 is 0 Å². The lowest BCUT2D eigenvalue weighted by molar-refractivity contribution is 0.102. The van der Waals surface area contributed by atoms with Gasteiger partial charge >= 0.3 is 0 Å². The van der Waals surface area contributed by atoms with Gasteiger partial charge in [-0.05, 0) is 42.0 Å². The molecule has 2 aromatic heterocycles. The fraction of sp³-hybridized carbons (Fsp3) is 0.148. The van der Waals surface area contributed by atoms with Gasteiger partial charge in [-0.15, -0.1) is 0 Å². The number of ether oxygens (including phenoxy) is 3. The summed E-state index contributed by atoms with van der Waals surface area (Å²) in [6, 6.07) is 20.4. The lowest BCUT2D eigenvalue weighted by atomic mass is 10.1. The average Bonchev–Trinajstić information content (AvgIpc) is 3.17. The first kappa shape index (κ1) is 23.0. The summed E-state index contributed by atoms with van der Waals surface area (Å²) in [6.07, 6.45) is 0. The van der Waals surface area contributed by atoms with Crippen LogP contribution in [0.2, 0.25) is 0 Å². The summed E-state index contributed by atoms with van der Waals surface area (Å²) >= 11 is 0. The smallest absolute Gasteiger partial charge is 0.261 e. The molecule has 5 rings (SSSR count). The summed E-state index contributed by atoms with van der Waals surface area (Å²) in [5.74, 6) is 1.41. The molecule has 1 amide bonds. The Kier molecular flexibility index (Phi) is 6.03. The standard InChI is InChI=1S/C27H25N5O4/c1-34-20-13-16(14-21(35-2)24(20)36-3)15-32-25(28)22(27(33)29-17-9-5-4-6-10-17)23-26(32)31-19-12-8-7-11-18(19)30-23/h4-14H,15,28H2,1-3H3,(H,29,33). The van der Waals surface area contributed by atoms with Crippen molar-refractivity contribution >= 4 is 39.6 Å². The quantitative estimate of drug-likeness (QED) is 0.351. The molecule has 0 aliphatic carbocycles. The van der Waals surface area contributed by atoms with Gasteiger partial charge in [-0.3, -0.25) is 4.79 Å². The molecule has 0 bridgehead atoms. The summed E-state index contributed by atoms with van der Waals surface area (Å²) in [5, 5.41) is 2.91. The van der Waals surface area contributed by atoms with Crippen LogP contribution in [-0.2, 0) is 6.54 Å². The van der Waals surface area contributed by atoms with Crippen molar-refractivity contribution in [2.45, 2.75) is 6.54 Å². The molecular weight excluding hydrogens is 458 g/mol. The largest absolute Gasteiger partial charge is 0.493 e. The third kappa shape index (κ3) is 4.00. The Morgan fingerprint density at radius 3 is 2.11 bits per heavy atom. The number of nitrogens with two attached hydrogens (primary N) is 1. The molecule has 0 aliphatic heterocycles. The molecule has 3 N–H and O–H groups in total. The maximum absolute atomic E-state index is 13.4. The van der Waals surface area contributed by atoms with Crippen LogP contribution in [0.3, 0.4) is 0 Å². The highest BCUT2D eigenvalue weighted by Gasteiger charge is 2.25. The van der Waals surface area contributed by atoms with Gasteiger partial charge < -0.3 is 29.8 Å². The van der Waals surface area contributed by atoms with E-state index in [-0.39, 0.29) is 17.3 Å². The number of amides is 1. The summed E-state index contributed by atoms with van der Waals surface area (Å²) in [4.78, 5) is 23.0. The average molecular weight is 484 g/mol. The predicted molar refractivity (Wildman–Crippen MR) is 139 cm³/mol. The number of benzene rings is 3. The number of hydrogen-bond donors (Lipinski definition) is 2. The van der Waals surface area contributed by atoms with Crippen LogP contribution in [0.15, 0.2) is 66.7 Å². The number of fused-ring (bicyclic) bond motifs is 2. The number of para-hydroxylation sites is 3. The van der Waals surface area contributed by atoms with Crippen molar-refractivity contribution in [2.24, 2.45) is 0 Å². The third-order valence-electron chi connectivity index (χ3n) is 5.92. The Morgan fingerprint density at radius 2 is 1.50 bits per heavy atom. The van der Waals surface area contributed by atoms with E-state index in [4.69, 9.17) is 29.9 Å². The van der Waals surface area contributed by atoms with Crippen molar-refractivity contribution < 1.29 is 19.0 Å². The number of hydrogen-bond acceptors (Lipinski definition) is 7. The van der Waals surface area contributed by atoms with Gasteiger partial charge in [-0.2, -0.15) is 0 Å². The molecule has 9 heteroatoms. The lowest BCUT2D eigenvalue weighted by Crippen LogP contribution is -2.15. The van der Waals surface area contributed by atoms with Gasteiger partial charge in [0.15, 0.2) is 17.1 Å². The van der Waals surface area contributed by atoms with Crippen LogP contribution in [-0.4, -0.2) is 41.8 Å². The van der Waals surface area contributed by atoms with Gasteiger partial charge in [0.05, 0.1) is 38.9 Å². The first-order chi connectivity index (χ1) is 17.5. The molecule has 9 nitrogen and oxygen atoms in total. The van der Waals surface area contributed by atoms with Crippen LogP contribution in [0.25, 0.3) is 22.2 Å². The predicted octanol–water partition coefficient (Wildman–Crippen LogP) is 4.49. The molecular formula is C27H25N5O4. The molecule has 0 spiro atoms. The van der Waals surface area contributed by atoms with Gasteiger partial charge in [-0.25, -0.2) is 9.97 Å².